The number of nitrogens with two attached hydrogens (primary N) is 1. The molecular weight excluding hydrogens is 158 g/mol. The van der Waals surface area contributed by atoms with Crippen LogP contribution in [-0.4, -0.2) is 22.5 Å². The van der Waals surface area contributed by atoms with Gasteiger partial charge in [-0.15, -0.1) is 11.8 Å². The first-order chi connectivity index (χ1) is 4.95. The van der Waals surface area contributed by atoms with Crippen molar-refractivity contribution in [2.75, 3.05) is 6.61 Å². The van der Waals surface area contributed by atoms with E-state index in [1.165, 1.54) is 0 Å². The van der Waals surface area contributed by atoms with Crippen LogP contribution in [0.2, 0.25) is 0 Å². The van der Waals surface area contributed by atoms with Crippen LogP contribution in [-0.2, 0) is 0 Å². The number of hydrogen-bond acceptors (Lipinski definition) is 3. The molecule has 0 aromatic carbocycles. The van der Waals surface area contributed by atoms with Crippen LogP contribution in [0.5, 0.6) is 0 Å². The summed E-state index contributed by atoms with van der Waals surface area (Å²) in [4.78, 5) is 0. The van der Waals surface area contributed by atoms with Crippen molar-refractivity contribution >= 4 is 11.8 Å². The van der Waals surface area contributed by atoms with Crippen LogP contribution in [0.1, 0.15) is 20.8 Å². The van der Waals surface area contributed by atoms with E-state index < -0.39 is 0 Å². The Bertz CT molecular complexity index is 129. The first-order valence-electron chi connectivity index (χ1n) is 3.66. The van der Waals surface area contributed by atoms with Gasteiger partial charge in [0.25, 0.3) is 0 Å². The van der Waals surface area contributed by atoms with Gasteiger partial charge in [0.15, 0.2) is 0 Å². The van der Waals surface area contributed by atoms with E-state index in [-0.39, 0.29) is 17.4 Å². The first-order valence-corrected chi connectivity index (χ1v) is 4.54. The minimum Gasteiger partial charge on any atom is -0.394 e. The molecule has 0 aliphatic carbocycles. The van der Waals surface area contributed by atoms with Crippen molar-refractivity contribution in [2.24, 2.45) is 5.73 Å². The van der Waals surface area contributed by atoms with E-state index in [4.69, 9.17) is 10.8 Å². The molecule has 1 atom stereocenters. The molecule has 3 N–H and O–H groups in total. The van der Waals surface area contributed by atoms with Gasteiger partial charge in [0, 0.05) is 10.8 Å². The highest BCUT2D eigenvalue weighted by molar-refractivity contribution is 8.03. The Morgan fingerprint density at radius 3 is 2.45 bits per heavy atom. The molecule has 2 nitrogen and oxygen atoms in total. The van der Waals surface area contributed by atoms with E-state index in [0.29, 0.717) is 0 Å². The monoisotopic (exact) mass is 175 g/mol. The molecule has 0 saturated carbocycles. The summed E-state index contributed by atoms with van der Waals surface area (Å²) in [6.45, 7) is 6.41. The van der Waals surface area contributed by atoms with Gasteiger partial charge in [-0.2, -0.15) is 0 Å². The molecule has 0 radical (unpaired) electrons. The fourth-order valence-electron chi connectivity index (χ4n) is 0.405. The Morgan fingerprint density at radius 2 is 2.09 bits per heavy atom. The average molecular weight is 175 g/mol. The lowest BCUT2D eigenvalue weighted by atomic mass is 10.3. The van der Waals surface area contributed by atoms with Gasteiger partial charge in [-0.1, -0.05) is 26.8 Å². The third-order valence-corrected chi connectivity index (χ3v) is 1.96. The third kappa shape index (κ3) is 7.91. The number of hydrogen-bond donors (Lipinski definition) is 2. The van der Waals surface area contributed by atoms with Crippen LogP contribution in [0.4, 0.5) is 0 Å². The second-order valence-electron chi connectivity index (χ2n) is 3.41. The fraction of sp³-hybridized carbons (Fsp3) is 0.750. The predicted octanol–water partition coefficient (Wildman–Crippen LogP) is 1.35. The number of aliphatic hydroxyl groups is 1. The standard InChI is InChI=1S/C8H17NOS/c1-8(2,3)11-5-4-7(9)6-10/h4-5,7,10H,6,9H2,1-3H3/b5-4+/t7-/m1/s1. The molecule has 0 aliphatic rings. The highest BCUT2D eigenvalue weighted by Crippen LogP contribution is 2.23. The average Bonchev–Trinajstić information content (AvgIpc) is 1.85. The van der Waals surface area contributed by atoms with E-state index in [9.17, 15) is 0 Å². The topological polar surface area (TPSA) is 46.2 Å². The van der Waals surface area contributed by atoms with E-state index >= 15 is 0 Å². The van der Waals surface area contributed by atoms with Gasteiger partial charge >= 0.3 is 0 Å². The molecule has 0 saturated heterocycles. The van der Waals surface area contributed by atoms with Gasteiger partial charge in [0.1, 0.15) is 0 Å². The van der Waals surface area contributed by atoms with E-state index in [0.717, 1.165) is 0 Å². The van der Waals surface area contributed by atoms with Crippen LogP contribution < -0.4 is 5.73 Å². The first kappa shape index (κ1) is 11.0. The Hall–Kier alpha value is 0.01000. The Balaban J connectivity index is 3.60. The normalized spacial score (nSPS) is 15.7. The van der Waals surface area contributed by atoms with Gasteiger partial charge in [0.2, 0.25) is 0 Å². The lowest BCUT2D eigenvalue weighted by Gasteiger charge is -2.14. The Labute approximate surface area is 72.9 Å². The molecule has 0 rings (SSSR count). The summed E-state index contributed by atoms with van der Waals surface area (Å²) in [6.07, 6.45) is 1.82. The lowest BCUT2D eigenvalue weighted by Crippen LogP contribution is -2.21. The molecule has 0 aromatic rings. The second kappa shape index (κ2) is 4.80. The zero-order valence-electron chi connectivity index (χ0n) is 7.37. The van der Waals surface area contributed by atoms with Crippen molar-refractivity contribution in [1.29, 1.82) is 0 Å². The summed E-state index contributed by atoms with van der Waals surface area (Å²) in [5.74, 6) is 0. The molecule has 0 aromatic heterocycles. The molecule has 11 heavy (non-hydrogen) atoms. The largest absolute Gasteiger partial charge is 0.394 e. The van der Waals surface area contributed by atoms with Gasteiger partial charge in [0.05, 0.1) is 6.61 Å². The quantitative estimate of drug-likeness (QED) is 0.680. The predicted molar refractivity (Wildman–Crippen MR) is 51.5 cm³/mol. The number of rotatable bonds is 3. The maximum Gasteiger partial charge on any atom is 0.0618 e. The van der Waals surface area contributed by atoms with Crippen LogP contribution >= 0.6 is 11.8 Å². The van der Waals surface area contributed by atoms with E-state index in [1.54, 1.807) is 11.8 Å². The highest BCUT2D eigenvalue weighted by Gasteiger charge is 2.07. The molecule has 0 fully saturated rings. The molecular formula is C8H17NOS. The maximum absolute atomic E-state index is 8.58. The molecule has 0 spiro atoms. The summed E-state index contributed by atoms with van der Waals surface area (Å²) < 4.78 is 0.228. The number of thioether (sulfide) groups is 1. The molecule has 66 valence electrons. The van der Waals surface area contributed by atoms with Crippen molar-refractivity contribution < 1.29 is 5.11 Å². The zero-order chi connectivity index (χ0) is 8.91. The molecule has 3 heteroatoms. The minimum absolute atomic E-state index is 0.0151. The Kier molecular flexibility index (Phi) is 4.81. The van der Waals surface area contributed by atoms with Crippen molar-refractivity contribution in [1.82, 2.24) is 0 Å². The maximum atomic E-state index is 8.58. The molecule has 0 bridgehead atoms. The zero-order valence-corrected chi connectivity index (χ0v) is 8.19. The van der Waals surface area contributed by atoms with Gasteiger partial charge in [-0.25, -0.2) is 0 Å². The summed E-state index contributed by atoms with van der Waals surface area (Å²) in [7, 11) is 0. The summed E-state index contributed by atoms with van der Waals surface area (Å²) in [6, 6.07) is -0.218. The SMILES string of the molecule is CC(C)(C)S/C=C/[C@@H](N)CO. The van der Waals surface area contributed by atoms with Crippen LogP contribution in [0.25, 0.3) is 0 Å². The van der Waals surface area contributed by atoms with Gasteiger partial charge < -0.3 is 10.8 Å². The molecule has 0 amide bonds. The fourth-order valence-corrected chi connectivity index (χ4v) is 1.09. The Morgan fingerprint density at radius 1 is 1.55 bits per heavy atom. The van der Waals surface area contributed by atoms with E-state index in [1.807, 2.05) is 11.5 Å². The van der Waals surface area contributed by atoms with Crippen molar-refractivity contribution in [2.45, 2.75) is 31.6 Å². The van der Waals surface area contributed by atoms with Crippen molar-refractivity contribution in [3.63, 3.8) is 0 Å². The van der Waals surface area contributed by atoms with Crippen molar-refractivity contribution in [3.05, 3.63) is 11.5 Å². The summed E-state index contributed by atoms with van der Waals surface area (Å²) in [5.41, 5.74) is 5.45. The molecule has 0 unspecified atom stereocenters. The van der Waals surface area contributed by atoms with Gasteiger partial charge in [-0.05, 0) is 5.41 Å². The lowest BCUT2D eigenvalue weighted by molar-refractivity contribution is 0.284. The van der Waals surface area contributed by atoms with Crippen LogP contribution in [0, 0.1) is 0 Å². The smallest absolute Gasteiger partial charge is 0.0618 e. The third-order valence-electron chi connectivity index (χ3n) is 0.958. The van der Waals surface area contributed by atoms with Crippen LogP contribution in [0.15, 0.2) is 11.5 Å². The highest BCUT2D eigenvalue weighted by atomic mass is 32.2. The minimum atomic E-state index is -0.218. The molecule has 0 aliphatic heterocycles. The summed E-state index contributed by atoms with van der Waals surface area (Å²) in [5, 5.41) is 10.5. The summed E-state index contributed by atoms with van der Waals surface area (Å²) >= 11 is 1.71. The van der Waals surface area contributed by atoms with Crippen LogP contribution in [0.3, 0.4) is 0 Å². The number of aliphatic hydroxyl groups excluding tert-OH is 1. The van der Waals surface area contributed by atoms with E-state index in [2.05, 4.69) is 20.8 Å². The van der Waals surface area contributed by atoms with Crippen molar-refractivity contribution in [3.8, 4) is 0 Å². The van der Waals surface area contributed by atoms with Gasteiger partial charge in [-0.3, -0.25) is 0 Å². The second-order valence-corrected chi connectivity index (χ2v) is 5.14. The molecule has 0 heterocycles.